The van der Waals surface area contributed by atoms with Crippen molar-refractivity contribution in [3.8, 4) is 11.8 Å². The van der Waals surface area contributed by atoms with Gasteiger partial charge in [0.1, 0.15) is 17.4 Å². The summed E-state index contributed by atoms with van der Waals surface area (Å²) in [6, 6.07) is 7.65. The first-order chi connectivity index (χ1) is 8.57. The molecule has 0 spiro atoms. The van der Waals surface area contributed by atoms with E-state index in [-0.39, 0.29) is 12.2 Å². The highest BCUT2D eigenvalue weighted by atomic mass is 16.5. The van der Waals surface area contributed by atoms with Crippen LogP contribution in [-0.2, 0) is 6.42 Å². The summed E-state index contributed by atoms with van der Waals surface area (Å²) in [4.78, 5) is 0. The maximum atomic E-state index is 9.22. The van der Waals surface area contributed by atoms with Gasteiger partial charge >= 0.3 is 0 Å². The standard InChI is InChI=1S/C14H18N2O2/c1-14(2)8-10-4-3-5-11(13(10)18-14)12(9-15)16-6-7-17/h3-5,12,16-17H,6-8H2,1-2H3. The molecule has 1 aromatic carbocycles. The number of aliphatic hydroxyl groups excluding tert-OH is 1. The van der Waals surface area contributed by atoms with E-state index in [1.807, 2.05) is 32.0 Å². The van der Waals surface area contributed by atoms with Crippen molar-refractivity contribution in [2.75, 3.05) is 13.2 Å². The van der Waals surface area contributed by atoms with Gasteiger partial charge in [-0.25, -0.2) is 0 Å². The van der Waals surface area contributed by atoms with E-state index >= 15 is 0 Å². The average molecular weight is 246 g/mol. The molecule has 0 amide bonds. The molecular formula is C14H18N2O2. The minimum atomic E-state index is -0.444. The molecule has 4 heteroatoms. The molecule has 0 radical (unpaired) electrons. The van der Waals surface area contributed by atoms with E-state index in [1.54, 1.807) is 0 Å². The molecule has 1 atom stereocenters. The Balaban J connectivity index is 2.31. The number of fused-ring (bicyclic) bond motifs is 1. The molecule has 0 saturated heterocycles. The molecule has 0 saturated carbocycles. The highest BCUT2D eigenvalue weighted by Crippen LogP contribution is 2.39. The Morgan fingerprint density at radius 3 is 3.00 bits per heavy atom. The zero-order valence-electron chi connectivity index (χ0n) is 10.7. The van der Waals surface area contributed by atoms with Gasteiger partial charge in [-0.3, -0.25) is 5.32 Å². The number of benzene rings is 1. The summed E-state index contributed by atoms with van der Waals surface area (Å²) in [5, 5.41) is 21.1. The number of aliphatic hydroxyl groups is 1. The van der Waals surface area contributed by atoms with Crippen LogP contribution in [0.2, 0.25) is 0 Å². The lowest BCUT2D eigenvalue weighted by Gasteiger charge is -2.19. The van der Waals surface area contributed by atoms with Crippen LogP contribution >= 0.6 is 0 Å². The summed E-state index contributed by atoms with van der Waals surface area (Å²) < 4.78 is 5.93. The summed E-state index contributed by atoms with van der Waals surface area (Å²) >= 11 is 0. The molecule has 1 aliphatic heterocycles. The highest BCUT2D eigenvalue weighted by Gasteiger charge is 2.33. The van der Waals surface area contributed by atoms with Gasteiger partial charge in [-0.1, -0.05) is 18.2 Å². The number of hydrogen-bond acceptors (Lipinski definition) is 4. The minimum absolute atomic E-state index is 0.0134. The molecule has 1 aliphatic rings. The molecule has 96 valence electrons. The number of nitrogens with one attached hydrogen (secondary N) is 1. The first kappa shape index (κ1) is 12.9. The van der Waals surface area contributed by atoms with Gasteiger partial charge in [0.15, 0.2) is 0 Å². The van der Waals surface area contributed by atoms with Gasteiger partial charge in [0.25, 0.3) is 0 Å². The predicted molar refractivity (Wildman–Crippen MR) is 68.3 cm³/mol. The third-order valence-electron chi connectivity index (χ3n) is 3.02. The Morgan fingerprint density at radius 2 is 2.33 bits per heavy atom. The van der Waals surface area contributed by atoms with E-state index < -0.39 is 6.04 Å². The van der Waals surface area contributed by atoms with Crippen LogP contribution in [-0.4, -0.2) is 23.9 Å². The molecule has 0 aromatic heterocycles. The second kappa shape index (κ2) is 4.97. The number of hydrogen-bond donors (Lipinski definition) is 2. The van der Waals surface area contributed by atoms with Crippen molar-refractivity contribution in [1.82, 2.24) is 5.32 Å². The maximum absolute atomic E-state index is 9.22. The Bertz CT molecular complexity index is 477. The van der Waals surface area contributed by atoms with Crippen LogP contribution < -0.4 is 10.1 Å². The highest BCUT2D eigenvalue weighted by molar-refractivity contribution is 5.48. The number of nitrogens with zero attached hydrogens (tertiary/aromatic N) is 1. The first-order valence-electron chi connectivity index (χ1n) is 6.12. The van der Waals surface area contributed by atoms with Gasteiger partial charge in [-0.05, 0) is 19.4 Å². The van der Waals surface area contributed by atoms with E-state index in [9.17, 15) is 5.26 Å². The summed E-state index contributed by atoms with van der Waals surface area (Å²) in [6.45, 7) is 4.49. The summed E-state index contributed by atoms with van der Waals surface area (Å²) in [7, 11) is 0. The number of ether oxygens (including phenoxy) is 1. The van der Waals surface area contributed by atoms with Gasteiger partial charge < -0.3 is 9.84 Å². The van der Waals surface area contributed by atoms with Crippen molar-refractivity contribution in [3.63, 3.8) is 0 Å². The summed E-state index contributed by atoms with van der Waals surface area (Å²) in [5.74, 6) is 0.819. The number of nitriles is 1. The average Bonchev–Trinajstić information content (AvgIpc) is 2.64. The molecule has 1 heterocycles. The van der Waals surface area contributed by atoms with Crippen LogP contribution in [0.15, 0.2) is 18.2 Å². The van der Waals surface area contributed by atoms with Gasteiger partial charge in [-0.15, -0.1) is 0 Å². The molecule has 18 heavy (non-hydrogen) atoms. The Morgan fingerprint density at radius 1 is 1.56 bits per heavy atom. The second-order valence-corrected chi connectivity index (χ2v) is 5.11. The molecule has 0 fully saturated rings. The molecule has 1 aromatic rings. The van der Waals surface area contributed by atoms with Crippen molar-refractivity contribution in [2.45, 2.75) is 31.9 Å². The zero-order chi connectivity index (χ0) is 13.2. The Hall–Kier alpha value is -1.57. The fourth-order valence-electron chi connectivity index (χ4n) is 2.30. The molecule has 0 bridgehead atoms. The predicted octanol–water partition coefficient (Wildman–Crippen LogP) is 1.55. The molecular weight excluding hydrogens is 228 g/mol. The lowest BCUT2D eigenvalue weighted by Crippen LogP contribution is -2.26. The van der Waals surface area contributed by atoms with E-state index in [1.165, 1.54) is 0 Å². The van der Waals surface area contributed by atoms with Gasteiger partial charge in [0.05, 0.1) is 12.7 Å². The van der Waals surface area contributed by atoms with Gasteiger partial charge in [0.2, 0.25) is 0 Å². The van der Waals surface area contributed by atoms with Crippen LogP contribution in [0.5, 0.6) is 5.75 Å². The van der Waals surface area contributed by atoms with Crippen molar-refractivity contribution in [2.24, 2.45) is 0 Å². The Labute approximate surface area is 107 Å². The second-order valence-electron chi connectivity index (χ2n) is 5.11. The van der Waals surface area contributed by atoms with E-state index in [0.717, 1.165) is 23.3 Å². The molecule has 1 unspecified atom stereocenters. The minimum Gasteiger partial charge on any atom is -0.487 e. The topological polar surface area (TPSA) is 65.3 Å². The van der Waals surface area contributed by atoms with E-state index in [2.05, 4.69) is 11.4 Å². The van der Waals surface area contributed by atoms with Crippen LogP contribution in [0.3, 0.4) is 0 Å². The smallest absolute Gasteiger partial charge is 0.129 e. The fourth-order valence-corrected chi connectivity index (χ4v) is 2.30. The van der Waals surface area contributed by atoms with E-state index in [4.69, 9.17) is 9.84 Å². The third kappa shape index (κ3) is 2.47. The van der Waals surface area contributed by atoms with Crippen LogP contribution in [0, 0.1) is 11.3 Å². The third-order valence-corrected chi connectivity index (χ3v) is 3.02. The van der Waals surface area contributed by atoms with Crippen molar-refractivity contribution < 1.29 is 9.84 Å². The largest absolute Gasteiger partial charge is 0.487 e. The van der Waals surface area contributed by atoms with E-state index in [0.29, 0.717) is 6.54 Å². The first-order valence-corrected chi connectivity index (χ1v) is 6.12. The Kier molecular flexibility index (Phi) is 3.55. The fraction of sp³-hybridized carbons (Fsp3) is 0.500. The lowest BCUT2D eigenvalue weighted by atomic mass is 9.98. The van der Waals surface area contributed by atoms with Crippen LogP contribution in [0.1, 0.15) is 31.0 Å². The van der Waals surface area contributed by atoms with Gasteiger partial charge in [-0.2, -0.15) is 5.26 Å². The number of rotatable bonds is 4. The van der Waals surface area contributed by atoms with Gasteiger partial charge in [0, 0.05) is 18.5 Å². The quantitative estimate of drug-likeness (QED) is 0.846. The van der Waals surface area contributed by atoms with Crippen LogP contribution in [0.4, 0.5) is 0 Å². The molecule has 2 N–H and O–H groups in total. The lowest BCUT2D eigenvalue weighted by molar-refractivity contribution is 0.136. The molecule has 4 nitrogen and oxygen atoms in total. The van der Waals surface area contributed by atoms with Crippen molar-refractivity contribution >= 4 is 0 Å². The zero-order valence-corrected chi connectivity index (χ0v) is 10.7. The summed E-state index contributed by atoms with van der Waals surface area (Å²) in [6.07, 6.45) is 0.855. The van der Waals surface area contributed by atoms with Crippen molar-refractivity contribution in [3.05, 3.63) is 29.3 Å². The van der Waals surface area contributed by atoms with Crippen molar-refractivity contribution in [1.29, 1.82) is 5.26 Å². The molecule has 2 rings (SSSR count). The number of para-hydroxylation sites is 1. The molecule has 0 aliphatic carbocycles. The SMILES string of the molecule is CC1(C)Cc2cccc(C(C#N)NCCO)c2O1. The normalized spacial score (nSPS) is 17.7. The van der Waals surface area contributed by atoms with Crippen LogP contribution in [0.25, 0.3) is 0 Å². The monoisotopic (exact) mass is 246 g/mol. The summed E-state index contributed by atoms with van der Waals surface area (Å²) in [5.41, 5.74) is 1.78. The maximum Gasteiger partial charge on any atom is 0.129 e.